The number of carbonyl (C=O) groups excluding carboxylic acids is 2. The first-order valence-corrected chi connectivity index (χ1v) is 7.67. The fraction of sp³-hybridized carbons (Fsp3) is 0.800. The first kappa shape index (κ1) is 22.6. The minimum atomic E-state index is -1.08. The number of carbonyl (C=O) groups is 2. The number of carboxylic acids is 2. The van der Waals surface area contributed by atoms with E-state index in [9.17, 15) is 19.8 Å². The van der Waals surface area contributed by atoms with E-state index in [1.54, 1.807) is 0 Å². The van der Waals surface area contributed by atoms with Crippen molar-refractivity contribution in [1.29, 1.82) is 0 Å². The van der Waals surface area contributed by atoms with Gasteiger partial charge in [-0.05, 0) is 12.8 Å². The average Bonchev–Trinajstić information content (AvgIpc) is 2.23. The van der Waals surface area contributed by atoms with Gasteiger partial charge in [-0.25, -0.2) is 0 Å². The van der Waals surface area contributed by atoms with Gasteiger partial charge in [-0.1, -0.05) is 48.3 Å². The molecule has 17 heavy (non-hydrogen) atoms. The molecule has 100 valence electrons. The Labute approximate surface area is 129 Å². The molecular weight excluding hydrogens is 367 g/mol. The third-order valence-corrected chi connectivity index (χ3v) is 3.77. The Morgan fingerprint density at radius 3 is 1.41 bits per heavy atom. The topological polar surface area (TPSA) is 80.3 Å². The van der Waals surface area contributed by atoms with E-state index in [1.165, 1.54) is 34.4 Å². The Morgan fingerprint density at radius 1 is 0.941 bits per heavy atom. The van der Waals surface area contributed by atoms with Crippen molar-refractivity contribution in [2.24, 2.45) is 0 Å². The Morgan fingerprint density at radius 2 is 1.24 bits per heavy atom. The maximum Gasteiger partial charge on any atom is 2.00 e. The molecule has 0 heterocycles. The molecule has 0 aliphatic carbocycles. The molecule has 2 radical (unpaired) electrons. The number of hydrogen-bond donors (Lipinski definition) is 0. The Kier molecular flexibility index (Phi) is 25.0. The summed E-state index contributed by atoms with van der Waals surface area (Å²) >= 11 is 0. The molecule has 7 heteroatoms. The molecule has 0 spiro atoms. The molecule has 0 fully saturated rings. The van der Waals surface area contributed by atoms with Crippen LogP contribution >= 0.6 is 21.6 Å². The summed E-state index contributed by atoms with van der Waals surface area (Å²) < 4.78 is 0. The van der Waals surface area contributed by atoms with Crippen LogP contribution < -0.4 is 10.2 Å². The first-order chi connectivity index (χ1) is 7.54. The van der Waals surface area contributed by atoms with Crippen molar-refractivity contribution in [1.82, 2.24) is 0 Å². The normalized spacial score (nSPS) is 8.59. The summed E-state index contributed by atoms with van der Waals surface area (Å²) in [5.74, 6) is -1.27. The molecule has 0 aromatic heterocycles. The summed E-state index contributed by atoms with van der Waals surface area (Å²) in [6, 6.07) is 0. The van der Waals surface area contributed by atoms with Crippen LogP contribution in [0.1, 0.15) is 41.0 Å². The summed E-state index contributed by atoms with van der Waals surface area (Å²) in [6.07, 6.45) is 2.64. The van der Waals surface area contributed by atoms with E-state index in [4.69, 9.17) is 0 Å². The second-order valence-electron chi connectivity index (χ2n) is 2.89. The van der Waals surface area contributed by atoms with Crippen LogP contribution in [0.15, 0.2) is 0 Å². The zero-order valence-corrected chi connectivity index (χ0v) is 14.7. The van der Waals surface area contributed by atoms with Crippen molar-refractivity contribution >= 4 is 57.4 Å². The minimum Gasteiger partial charge on any atom is -0.550 e. The Bertz CT molecular complexity index is 177. The van der Waals surface area contributed by atoms with Crippen LogP contribution in [-0.4, -0.2) is 47.4 Å². The van der Waals surface area contributed by atoms with Crippen molar-refractivity contribution < 1.29 is 21.2 Å². The largest absolute Gasteiger partial charge is 2.00 e. The number of rotatable bonds is 8. The van der Waals surface area contributed by atoms with Crippen molar-refractivity contribution in [2.75, 3.05) is 11.5 Å². The van der Waals surface area contributed by atoms with E-state index in [-0.39, 0.29) is 38.2 Å². The van der Waals surface area contributed by atoms with E-state index in [2.05, 4.69) is 13.8 Å². The predicted molar refractivity (Wildman–Crippen MR) is 72.6 cm³/mol. The van der Waals surface area contributed by atoms with E-state index in [0.717, 1.165) is 0 Å². The van der Waals surface area contributed by atoms with Gasteiger partial charge in [0.15, 0.2) is 0 Å². The fourth-order valence-corrected chi connectivity index (χ4v) is 2.31. The maximum atomic E-state index is 9.90. The van der Waals surface area contributed by atoms with Crippen molar-refractivity contribution in [3.63, 3.8) is 0 Å². The molecule has 0 atom stereocenters. The molecule has 0 rings (SSSR count). The number of hydrogen-bond acceptors (Lipinski definition) is 6. The smallest absolute Gasteiger partial charge is 0.550 e. The zero-order chi connectivity index (χ0) is 12.8. The molecule has 0 aromatic rings. The summed E-state index contributed by atoms with van der Waals surface area (Å²) in [4.78, 5) is 19.8. The Balaban J connectivity index is -0.000000143. The van der Waals surface area contributed by atoms with Gasteiger partial charge in [0.05, 0.1) is 0 Å². The van der Waals surface area contributed by atoms with E-state index >= 15 is 0 Å². The molecule has 0 saturated heterocycles. The van der Waals surface area contributed by atoms with Gasteiger partial charge >= 0.3 is 23.9 Å². The molecule has 0 aromatic carbocycles. The van der Waals surface area contributed by atoms with Crippen LogP contribution in [0.4, 0.5) is 0 Å². The quantitative estimate of drug-likeness (QED) is 0.339. The second-order valence-corrected chi connectivity index (χ2v) is 5.59. The standard InChI is InChI=1S/C6H10O4S2.C4H10.Sn.H2/c7-5(8)1-3-11-12-4-2-6(9)10;1-3-4-2;;/h1-4H2,(H,7,8)(H,9,10);3-4H2,1-2H3;;1H/q;;+2;/p-2. The average molecular weight is 387 g/mol. The molecule has 0 aliphatic rings. The molecule has 0 N–H and O–H groups in total. The van der Waals surface area contributed by atoms with E-state index in [1.807, 2.05) is 0 Å². The van der Waals surface area contributed by atoms with Gasteiger partial charge in [0, 0.05) is 24.9 Å². The molecule has 0 saturated carbocycles. The number of aliphatic carboxylic acids is 2. The maximum absolute atomic E-state index is 9.90. The first-order valence-electron chi connectivity index (χ1n) is 5.18. The summed E-state index contributed by atoms with van der Waals surface area (Å²) in [5.41, 5.74) is 0. The minimum absolute atomic E-state index is 0. The van der Waals surface area contributed by atoms with Crippen molar-refractivity contribution in [2.45, 2.75) is 39.5 Å². The monoisotopic (exact) mass is 388 g/mol. The van der Waals surface area contributed by atoms with Gasteiger partial charge in [0.1, 0.15) is 0 Å². The molecular formula is C10H20O4S2Sn. The summed E-state index contributed by atoms with van der Waals surface area (Å²) in [7, 11) is 2.66. The van der Waals surface area contributed by atoms with Crippen molar-refractivity contribution in [3.8, 4) is 0 Å². The number of unbranched alkanes of at least 4 members (excludes halogenated alkanes) is 1. The SMILES string of the molecule is CCCC.O=C([O-])CCSSCCC(=O)[O-].[HH].[Sn+2]. The van der Waals surface area contributed by atoms with Gasteiger partial charge in [-0.15, -0.1) is 0 Å². The third-order valence-electron chi connectivity index (χ3n) is 1.36. The van der Waals surface area contributed by atoms with Crippen LogP contribution in [0.25, 0.3) is 0 Å². The molecule has 0 bridgehead atoms. The predicted octanol–water partition coefficient (Wildman–Crippen LogP) is 0.319. The fourth-order valence-electron chi connectivity index (χ4n) is 0.368. The molecule has 0 aliphatic heterocycles. The second kappa shape index (κ2) is 18.8. The van der Waals surface area contributed by atoms with E-state index in [0.29, 0.717) is 11.5 Å². The van der Waals surface area contributed by atoms with E-state index < -0.39 is 11.9 Å². The van der Waals surface area contributed by atoms with Gasteiger partial charge in [-0.2, -0.15) is 0 Å². The van der Waals surface area contributed by atoms with Crippen LogP contribution in [-0.2, 0) is 9.59 Å². The molecule has 4 nitrogen and oxygen atoms in total. The summed E-state index contributed by atoms with van der Waals surface area (Å²) in [6.45, 7) is 4.36. The molecule has 0 unspecified atom stereocenters. The van der Waals surface area contributed by atoms with Crippen molar-refractivity contribution in [3.05, 3.63) is 0 Å². The van der Waals surface area contributed by atoms with Gasteiger partial charge in [0.25, 0.3) is 0 Å². The van der Waals surface area contributed by atoms with Gasteiger partial charge < -0.3 is 19.8 Å². The molecule has 0 amide bonds. The van der Waals surface area contributed by atoms with Crippen LogP contribution in [0.3, 0.4) is 0 Å². The summed E-state index contributed by atoms with van der Waals surface area (Å²) in [5, 5.41) is 19.8. The van der Waals surface area contributed by atoms with Crippen LogP contribution in [0.5, 0.6) is 0 Å². The third kappa shape index (κ3) is 31.5. The van der Waals surface area contributed by atoms with Gasteiger partial charge in [0.2, 0.25) is 0 Å². The zero-order valence-electron chi connectivity index (χ0n) is 10.2. The van der Waals surface area contributed by atoms with Crippen LogP contribution in [0.2, 0.25) is 0 Å². The van der Waals surface area contributed by atoms with Gasteiger partial charge in [-0.3, -0.25) is 0 Å². The Hall–Kier alpha value is 0.439. The number of carboxylic acid groups (broad SMARTS) is 2. The van der Waals surface area contributed by atoms with Crippen LogP contribution in [0, 0.1) is 0 Å².